The summed E-state index contributed by atoms with van der Waals surface area (Å²) >= 11 is 0. The van der Waals surface area contributed by atoms with Crippen molar-refractivity contribution in [1.82, 2.24) is 5.32 Å². The molecule has 1 N–H and O–H groups in total. The number of hydrogen-bond donors (Lipinski definition) is 1. The molecule has 0 saturated carbocycles. The summed E-state index contributed by atoms with van der Waals surface area (Å²) in [6.45, 7) is 11.2. The first-order chi connectivity index (χ1) is 12.4. The molecule has 1 aliphatic rings. The summed E-state index contributed by atoms with van der Waals surface area (Å²) in [5.41, 5.74) is 7.14. The van der Waals surface area contributed by atoms with Gasteiger partial charge in [-0.05, 0) is 81.0 Å². The highest BCUT2D eigenvalue weighted by molar-refractivity contribution is 5.93. The van der Waals surface area contributed by atoms with Crippen molar-refractivity contribution in [2.45, 2.75) is 59.5 Å². The highest BCUT2D eigenvalue weighted by Gasteiger charge is 2.24. The second kappa shape index (κ2) is 7.63. The van der Waals surface area contributed by atoms with Crippen molar-refractivity contribution in [3.8, 4) is 0 Å². The van der Waals surface area contributed by atoms with Gasteiger partial charge in [0.05, 0.1) is 6.04 Å². The van der Waals surface area contributed by atoms with Crippen molar-refractivity contribution in [2.24, 2.45) is 0 Å². The molecule has 2 aromatic rings. The molecule has 3 rings (SSSR count). The fourth-order valence-electron chi connectivity index (χ4n) is 4.01. The Morgan fingerprint density at radius 3 is 2.50 bits per heavy atom. The highest BCUT2D eigenvalue weighted by atomic mass is 16.2. The van der Waals surface area contributed by atoms with Crippen molar-refractivity contribution >= 4 is 11.6 Å². The first-order valence-corrected chi connectivity index (χ1v) is 9.59. The van der Waals surface area contributed by atoms with Crippen molar-refractivity contribution in [3.63, 3.8) is 0 Å². The van der Waals surface area contributed by atoms with Gasteiger partial charge in [-0.3, -0.25) is 4.79 Å². The van der Waals surface area contributed by atoms with Crippen molar-refractivity contribution in [2.75, 3.05) is 11.4 Å². The molecule has 26 heavy (non-hydrogen) atoms. The van der Waals surface area contributed by atoms with Crippen LogP contribution in [0.15, 0.2) is 36.4 Å². The van der Waals surface area contributed by atoms with Gasteiger partial charge in [-0.15, -0.1) is 0 Å². The van der Waals surface area contributed by atoms with Crippen molar-refractivity contribution in [1.29, 1.82) is 0 Å². The Morgan fingerprint density at radius 1 is 1.12 bits per heavy atom. The Hall–Kier alpha value is -2.13. The van der Waals surface area contributed by atoms with Crippen LogP contribution >= 0.6 is 0 Å². The third-order valence-corrected chi connectivity index (χ3v) is 5.65. The van der Waals surface area contributed by atoms with Crippen LogP contribution in [0.3, 0.4) is 0 Å². The van der Waals surface area contributed by atoms with E-state index in [-0.39, 0.29) is 11.9 Å². The van der Waals surface area contributed by atoms with Gasteiger partial charge in [-0.1, -0.05) is 30.3 Å². The smallest absolute Gasteiger partial charge is 0.224 e. The second-order valence-corrected chi connectivity index (χ2v) is 7.61. The van der Waals surface area contributed by atoms with Gasteiger partial charge in [0.1, 0.15) is 0 Å². The fourth-order valence-corrected chi connectivity index (χ4v) is 4.01. The van der Waals surface area contributed by atoms with E-state index < -0.39 is 0 Å². The zero-order valence-electron chi connectivity index (χ0n) is 16.6. The Balaban J connectivity index is 1.97. The predicted molar refractivity (Wildman–Crippen MR) is 109 cm³/mol. The number of anilines is 1. The number of amides is 1. The molecule has 1 unspecified atom stereocenters. The van der Waals surface area contributed by atoms with E-state index in [1.165, 1.54) is 35.1 Å². The molecule has 0 radical (unpaired) electrons. The van der Waals surface area contributed by atoms with Crippen LogP contribution in [0.5, 0.6) is 0 Å². The average molecular weight is 351 g/mol. The van der Waals surface area contributed by atoms with Gasteiger partial charge in [0.25, 0.3) is 0 Å². The molecule has 2 atom stereocenters. The van der Waals surface area contributed by atoms with E-state index in [9.17, 15) is 4.79 Å². The molecule has 1 fully saturated rings. The number of rotatable bonds is 4. The Labute approximate surface area is 157 Å². The molecule has 0 bridgehead atoms. The van der Waals surface area contributed by atoms with Gasteiger partial charge < -0.3 is 10.2 Å². The van der Waals surface area contributed by atoms with Gasteiger partial charge >= 0.3 is 0 Å². The summed E-state index contributed by atoms with van der Waals surface area (Å²) in [6, 6.07) is 13.5. The number of nitrogens with zero attached hydrogens (tertiary/aromatic N) is 1. The molecule has 138 valence electrons. The van der Waals surface area contributed by atoms with Crippen molar-refractivity contribution in [3.05, 3.63) is 64.2 Å². The summed E-state index contributed by atoms with van der Waals surface area (Å²) in [4.78, 5) is 14.5. The lowest BCUT2D eigenvalue weighted by atomic mass is 9.97. The standard InChI is InChI=1S/C23H30N2O/c1-15-12-17(3)23(13-16(15)2)25(19(5)26)18(4)20-8-6-9-21(14-20)22-10-7-11-24-22/h6,8-9,12-14,18,22,24H,7,10-11H2,1-5H3/t18-,22?/m1/s1. The number of nitrogens with one attached hydrogen (secondary N) is 1. The Morgan fingerprint density at radius 2 is 1.85 bits per heavy atom. The maximum Gasteiger partial charge on any atom is 0.224 e. The summed E-state index contributed by atoms with van der Waals surface area (Å²) in [6.07, 6.45) is 2.41. The van der Waals surface area contributed by atoms with Crippen LogP contribution < -0.4 is 10.2 Å². The largest absolute Gasteiger partial charge is 0.310 e. The lowest BCUT2D eigenvalue weighted by molar-refractivity contribution is -0.117. The molecule has 1 aliphatic heterocycles. The maximum atomic E-state index is 12.6. The van der Waals surface area contributed by atoms with E-state index in [4.69, 9.17) is 0 Å². The summed E-state index contributed by atoms with van der Waals surface area (Å²) in [5, 5.41) is 3.56. The molecule has 1 saturated heterocycles. The number of carbonyl (C=O) groups excluding carboxylic acids is 1. The lowest BCUT2D eigenvalue weighted by Crippen LogP contribution is -2.32. The molecule has 0 aliphatic carbocycles. The minimum absolute atomic E-state index is 0.00495. The molecular weight excluding hydrogens is 320 g/mol. The molecule has 0 aromatic heterocycles. The monoisotopic (exact) mass is 350 g/mol. The van der Waals surface area contributed by atoms with E-state index in [1.807, 2.05) is 4.90 Å². The quantitative estimate of drug-likeness (QED) is 0.827. The fraction of sp³-hybridized carbons (Fsp3) is 0.435. The topological polar surface area (TPSA) is 32.3 Å². The lowest BCUT2D eigenvalue weighted by Gasteiger charge is -2.31. The van der Waals surface area contributed by atoms with E-state index >= 15 is 0 Å². The molecule has 1 amide bonds. The molecule has 3 nitrogen and oxygen atoms in total. The zero-order valence-corrected chi connectivity index (χ0v) is 16.6. The van der Waals surface area contributed by atoms with Gasteiger partial charge in [0, 0.05) is 18.7 Å². The van der Waals surface area contributed by atoms with E-state index in [0.29, 0.717) is 6.04 Å². The van der Waals surface area contributed by atoms with Crippen LogP contribution in [-0.2, 0) is 4.79 Å². The van der Waals surface area contributed by atoms with Gasteiger partial charge in [-0.25, -0.2) is 0 Å². The number of aryl methyl sites for hydroxylation is 3. The van der Waals surface area contributed by atoms with Gasteiger partial charge in [0.2, 0.25) is 5.91 Å². The zero-order chi connectivity index (χ0) is 18.8. The number of hydrogen-bond acceptors (Lipinski definition) is 2. The van der Waals surface area contributed by atoms with Crippen LogP contribution in [0.25, 0.3) is 0 Å². The predicted octanol–water partition coefficient (Wildman–Crippen LogP) is 5.15. The molecule has 3 heteroatoms. The molecule has 1 heterocycles. The second-order valence-electron chi connectivity index (χ2n) is 7.61. The van der Waals surface area contributed by atoms with Crippen LogP contribution in [0, 0.1) is 20.8 Å². The number of carbonyl (C=O) groups is 1. The van der Waals surface area contributed by atoms with Crippen LogP contribution in [0.2, 0.25) is 0 Å². The highest BCUT2D eigenvalue weighted by Crippen LogP contribution is 2.33. The molecule has 2 aromatic carbocycles. The Bertz CT molecular complexity index is 806. The first-order valence-electron chi connectivity index (χ1n) is 9.59. The first kappa shape index (κ1) is 18.7. The maximum absolute atomic E-state index is 12.6. The average Bonchev–Trinajstić information content (AvgIpc) is 3.14. The van der Waals surface area contributed by atoms with E-state index in [2.05, 4.69) is 69.4 Å². The van der Waals surface area contributed by atoms with Crippen LogP contribution in [-0.4, -0.2) is 12.5 Å². The van der Waals surface area contributed by atoms with E-state index in [0.717, 1.165) is 17.8 Å². The third kappa shape index (κ3) is 3.68. The van der Waals surface area contributed by atoms with E-state index in [1.54, 1.807) is 6.92 Å². The van der Waals surface area contributed by atoms with Crippen molar-refractivity contribution < 1.29 is 4.79 Å². The van der Waals surface area contributed by atoms with Gasteiger partial charge in [0.15, 0.2) is 0 Å². The third-order valence-electron chi connectivity index (χ3n) is 5.65. The molecular formula is C23H30N2O. The summed E-state index contributed by atoms with van der Waals surface area (Å²) in [5.74, 6) is 0.0771. The molecule has 0 spiro atoms. The SMILES string of the molecule is CC(=O)N(c1cc(C)c(C)cc1C)[C@H](C)c1cccc(C2CCCN2)c1. The van der Waals surface area contributed by atoms with Crippen LogP contribution in [0.4, 0.5) is 5.69 Å². The Kier molecular flexibility index (Phi) is 5.47. The van der Waals surface area contributed by atoms with Crippen LogP contribution in [0.1, 0.15) is 66.6 Å². The minimum Gasteiger partial charge on any atom is -0.310 e. The minimum atomic E-state index is -0.00495. The summed E-state index contributed by atoms with van der Waals surface area (Å²) < 4.78 is 0. The summed E-state index contributed by atoms with van der Waals surface area (Å²) in [7, 11) is 0. The van der Waals surface area contributed by atoms with Gasteiger partial charge in [-0.2, -0.15) is 0 Å². The normalized spacial score (nSPS) is 18.0. The number of benzene rings is 2.